The van der Waals surface area contributed by atoms with E-state index in [4.69, 9.17) is 9.47 Å². The van der Waals surface area contributed by atoms with Crippen LogP contribution in [-0.4, -0.2) is 30.3 Å². The average Bonchev–Trinajstić information content (AvgIpc) is 2.29. The predicted octanol–water partition coefficient (Wildman–Crippen LogP) is 0.592. The molecule has 1 aromatic heterocycles. The number of fused-ring (bicyclic) bond motifs is 1. The highest BCUT2D eigenvalue weighted by Gasteiger charge is 2.18. The van der Waals surface area contributed by atoms with Gasteiger partial charge in [-0.3, -0.25) is 4.79 Å². The van der Waals surface area contributed by atoms with Crippen LogP contribution in [0.5, 0.6) is 0 Å². The van der Waals surface area contributed by atoms with Crippen molar-refractivity contribution in [2.75, 3.05) is 20.3 Å². The molecule has 2 rings (SSSR count). The summed E-state index contributed by atoms with van der Waals surface area (Å²) in [6.45, 7) is 3.55. The van der Waals surface area contributed by atoms with E-state index in [1.54, 1.807) is 7.11 Å². The first-order valence-electron chi connectivity index (χ1n) is 5.41. The molecule has 1 aliphatic rings. The van der Waals surface area contributed by atoms with E-state index < -0.39 is 0 Å². The van der Waals surface area contributed by atoms with E-state index >= 15 is 0 Å². The van der Waals surface area contributed by atoms with Gasteiger partial charge in [-0.2, -0.15) is 0 Å². The van der Waals surface area contributed by atoms with Crippen molar-refractivity contribution in [1.29, 1.82) is 0 Å². The van der Waals surface area contributed by atoms with Crippen LogP contribution >= 0.6 is 0 Å². The first kappa shape index (κ1) is 11.3. The van der Waals surface area contributed by atoms with Crippen LogP contribution in [0.3, 0.4) is 0 Å². The molecule has 2 heterocycles. The third kappa shape index (κ3) is 2.15. The number of aromatic nitrogens is 2. The Labute approximate surface area is 93.8 Å². The van der Waals surface area contributed by atoms with Crippen LogP contribution in [-0.2, 0) is 22.5 Å². The maximum atomic E-state index is 11.8. The summed E-state index contributed by atoms with van der Waals surface area (Å²) < 4.78 is 10.3. The summed E-state index contributed by atoms with van der Waals surface area (Å²) >= 11 is 0. The molecule has 0 aromatic carbocycles. The highest BCUT2D eigenvalue weighted by atomic mass is 16.5. The Morgan fingerprint density at radius 2 is 2.44 bits per heavy atom. The van der Waals surface area contributed by atoms with Gasteiger partial charge >= 0.3 is 0 Å². The second kappa shape index (κ2) is 4.76. The van der Waals surface area contributed by atoms with E-state index in [9.17, 15) is 4.79 Å². The lowest BCUT2D eigenvalue weighted by molar-refractivity contribution is 0.107. The van der Waals surface area contributed by atoms with Gasteiger partial charge in [0.1, 0.15) is 5.82 Å². The van der Waals surface area contributed by atoms with Gasteiger partial charge in [0.25, 0.3) is 5.56 Å². The van der Waals surface area contributed by atoms with Crippen molar-refractivity contribution in [1.82, 2.24) is 9.97 Å². The van der Waals surface area contributed by atoms with Crippen molar-refractivity contribution >= 4 is 0 Å². The number of aromatic amines is 1. The summed E-state index contributed by atoms with van der Waals surface area (Å²) in [6, 6.07) is 0. The molecular weight excluding hydrogens is 208 g/mol. The minimum atomic E-state index is -0.0809. The number of methoxy groups -OCH3 is 1. The Kier molecular flexibility index (Phi) is 3.36. The Hall–Kier alpha value is -1.20. The van der Waals surface area contributed by atoms with Crippen molar-refractivity contribution in [3.05, 3.63) is 27.4 Å². The van der Waals surface area contributed by atoms with Gasteiger partial charge in [-0.1, -0.05) is 6.92 Å². The molecule has 0 radical (unpaired) electrons. The molecule has 1 unspecified atom stereocenters. The Balaban J connectivity index is 2.35. The van der Waals surface area contributed by atoms with Gasteiger partial charge in [-0.25, -0.2) is 4.98 Å². The van der Waals surface area contributed by atoms with Crippen molar-refractivity contribution < 1.29 is 9.47 Å². The SMILES string of the molecule is COCC(C)c1nc2c(c(=O)[nH]1)COCC2. The highest BCUT2D eigenvalue weighted by Crippen LogP contribution is 2.14. The molecule has 1 N–H and O–H groups in total. The standard InChI is InChI=1S/C11H16N2O3/c1-7(5-15-2)10-12-9-3-4-16-6-8(9)11(14)13-10/h7H,3-6H2,1-2H3,(H,12,13,14). The van der Waals surface area contributed by atoms with Crippen LogP contribution in [0.2, 0.25) is 0 Å². The number of ether oxygens (including phenoxy) is 2. The molecule has 1 atom stereocenters. The fourth-order valence-corrected chi connectivity index (χ4v) is 1.82. The lowest BCUT2D eigenvalue weighted by Crippen LogP contribution is -2.26. The topological polar surface area (TPSA) is 64.2 Å². The molecule has 0 spiro atoms. The second-order valence-electron chi connectivity index (χ2n) is 4.04. The highest BCUT2D eigenvalue weighted by molar-refractivity contribution is 5.20. The average molecular weight is 224 g/mol. The smallest absolute Gasteiger partial charge is 0.256 e. The molecule has 0 saturated heterocycles. The maximum absolute atomic E-state index is 11.8. The fraction of sp³-hybridized carbons (Fsp3) is 0.636. The molecular formula is C11H16N2O3. The summed E-state index contributed by atoms with van der Waals surface area (Å²) in [7, 11) is 1.64. The maximum Gasteiger partial charge on any atom is 0.256 e. The van der Waals surface area contributed by atoms with Crippen LogP contribution in [0.25, 0.3) is 0 Å². The molecule has 5 nitrogen and oxygen atoms in total. The van der Waals surface area contributed by atoms with Crippen molar-refractivity contribution in [3.63, 3.8) is 0 Å². The minimum absolute atomic E-state index is 0.0809. The molecule has 88 valence electrons. The van der Waals surface area contributed by atoms with E-state index in [-0.39, 0.29) is 11.5 Å². The van der Waals surface area contributed by atoms with Crippen molar-refractivity contribution in [2.45, 2.75) is 25.9 Å². The molecule has 0 bridgehead atoms. The van der Waals surface area contributed by atoms with Gasteiger partial charge in [0.2, 0.25) is 0 Å². The zero-order valence-corrected chi connectivity index (χ0v) is 9.58. The van der Waals surface area contributed by atoms with Gasteiger partial charge in [-0.15, -0.1) is 0 Å². The number of hydrogen-bond donors (Lipinski definition) is 1. The molecule has 0 saturated carbocycles. The van der Waals surface area contributed by atoms with Crippen molar-refractivity contribution in [2.24, 2.45) is 0 Å². The van der Waals surface area contributed by atoms with Crippen LogP contribution in [0.1, 0.15) is 29.9 Å². The molecule has 5 heteroatoms. The quantitative estimate of drug-likeness (QED) is 0.816. The molecule has 1 aromatic rings. The number of nitrogens with zero attached hydrogens (tertiary/aromatic N) is 1. The molecule has 0 aliphatic carbocycles. The summed E-state index contributed by atoms with van der Waals surface area (Å²) in [5, 5.41) is 0. The number of rotatable bonds is 3. The van der Waals surface area contributed by atoms with E-state index in [1.165, 1.54) is 0 Å². The molecule has 0 fully saturated rings. The number of H-pyrrole nitrogens is 1. The second-order valence-corrected chi connectivity index (χ2v) is 4.04. The lowest BCUT2D eigenvalue weighted by Gasteiger charge is -2.17. The predicted molar refractivity (Wildman–Crippen MR) is 58.5 cm³/mol. The van der Waals surface area contributed by atoms with E-state index in [0.29, 0.717) is 37.6 Å². The first-order valence-corrected chi connectivity index (χ1v) is 5.41. The lowest BCUT2D eigenvalue weighted by atomic mass is 10.1. The minimum Gasteiger partial charge on any atom is -0.384 e. The summed E-state index contributed by atoms with van der Waals surface area (Å²) in [5.41, 5.74) is 1.45. The van der Waals surface area contributed by atoms with Gasteiger partial charge in [0.15, 0.2) is 0 Å². The summed E-state index contributed by atoms with van der Waals surface area (Å²) in [5.74, 6) is 0.804. The van der Waals surface area contributed by atoms with E-state index in [1.807, 2.05) is 6.92 Å². The zero-order valence-electron chi connectivity index (χ0n) is 9.58. The summed E-state index contributed by atoms with van der Waals surface area (Å²) in [4.78, 5) is 19.0. The Morgan fingerprint density at radius 1 is 1.62 bits per heavy atom. The number of hydrogen-bond acceptors (Lipinski definition) is 4. The Bertz CT molecular complexity index is 428. The van der Waals surface area contributed by atoms with Gasteiger partial charge < -0.3 is 14.5 Å². The van der Waals surface area contributed by atoms with Crippen LogP contribution in [0.4, 0.5) is 0 Å². The molecule has 1 aliphatic heterocycles. The normalized spacial score (nSPS) is 16.9. The van der Waals surface area contributed by atoms with E-state index in [2.05, 4.69) is 9.97 Å². The molecule has 0 amide bonds. The van der Waals surface area contributed by atoms with Crippen LogP contribution in [0.15, 0.2) is 4.79 Å². The van der Waals surface area contributed by atoms with Crippen LogP contribution < -0.4 is 5.56 Å². The monoisotopic (exact) mass is 224 g/mol. The van der Waals surface area contributed by atoms with Crippen LogP contribution in [0, 0.1) is 0 Å². The zero-order chi connectivity index (χ0) is 11.5. The van der Waals surface area contributed by atoms with Gasteiger partial charge in [-0.05, 0) is 0 Å². The number of nitrogens with one attached hydrogen (secondary N) is 1. The third-order valence-electron chi connectivity index (χ3n) is 2.73. The van der Waals surface area contributed by atoms with Gasteiger partial charge in [0, 0.05) is 19.4 Å². The van der Waals surface area contributed by atoms with E-state index in [0.717, 1.165) is 5.69 Å². The Morgan fingerprint density at radius 3 is 3.19 bits per heavy atom. The largest absolute Gasteiger partial charge is 0.384 e. The first-order chi connectivity index (χ1) is 7.72. The van der Waals surface area contributed by atoms with Gasteiger partial charge in [0.05, 0.1) is 31.1 Å². The third-order valence-corrected chi connectivity index (χ3v) is 2.73. The summed E-state index contributed by atoms with van der Waals surface area (Å²) in [6.07, 6.45) is 0.714. The molecule has 16 heavy (non-hydrogen) atoms. The van der Waals surface area contributed by atoms with Crippen molar-refractivity contribution in [3.8, 4) is 0 Å². The fourth-order valence-electron chi connectivity index (χ4n) is 1.82.